The number of unbranched alkanes of at least 4 members (excludes halogenated alkanes) is 5. The summed E-state index contributed by atoms with van der Waals surface area (Å²) in [5, 5.41) is 0. The van der Waals surface area contributed by atoms with Crippen LogP contribution in [0.5, 0.6) is 0 Å². The second-order valence-electron chi connectivity index (χ2n) is 9.91. The molecule has 0 heteroatoms. The largest absolute Gasteiger partial charge is 0.0730 e. The van der Waals surface area contributed by atoms with Crippen molar-refractivity contribution >= 4 is 0 Å². The molecular formula is C29H48. The van der Waals surface area contributed by atoms with Crippen molar-refractivity contribution in [3.63, 3.8) is 0 Å². The highest BCUT2D eigenvalue weighted by molar-refractivity contribution is 5.24. The molecule has 0 nitrogen and oxygen atoms in total. The van der Waals surface area contributed by atoms with Crippen molar-refractivity contribution in [1.82, 2.24) is 0 Å². The van der Waals surface area contributed by atoms with Gasteiger partial charge in [-0.25, -0.2) is 0 Å². The van der Waals surface area contributed by atoms with E-state index in [1.165, 1.54) is 109 Å². The predicted octanol–water partition coefficient (Wildman–Crippen LogP) is 9.27. The lowest BCUT2D eigenvalue weighted by Crippen LogP contribution is -2.13. The lowest BCUT2D eigenvalue weighted by atomic mass is 9.79. The van der Waals surface area contributed by atoms with Crippen molar-refractivity contribution in [2.24, 2.45) is 23.7 Å². The molecule has 0 bridgehead atoms. The van der Waals surface area contributed by atoms with E-state index in [0.717, 1.165) is 23.7 Å². The summed E-state index contributed by atoms with van der Waals surface area (Å²) in [4.78, 5) is 0. The van der Waals surface area contributed by atoms with Gasteiger partial charge in [0.25, 0.3) is 0 Å². The van der Waals surface area contributed by atoms with Gasteiger partial charge in [0.1, 0.15) is 0 Å². The molecule has 29 heavy (non-hydrogen) atoms. The predicted molar refractivity (Wildman–Crippen MR) is 130 cm³/mol. The highest BCUT2D eigenvalue weighted by Gasteiger charge is 2.19. The number of hydrogen-bond acceptors (Lipinski definition) is 0. The molecule has 2 saturated carbocycles. The van der Waals surface area contributed by atoms with Crippen LogP contribution in [0.25, 0.3) is 0 Å². The van der Waals surface area contributed by atoms with Crippen LogP contribution in [0.1, 0.15) is 123 Å². The monoisotopic (exact) mass is 396 g/mol. The van der Waals surface area contributed by atoms with E-state index in [2.05, 4.69) is 50.0 Å². The van der Waals surface area contributed by atoms with Gasteiger partial charge < -0.3 is 0 Å². The molecule has 0 heterocycles. The molecule has 164 valence electrons. The van der Waals surface area contributed by atoms with Gasteiger partial charge in [-0.1, -0.05) is 95.6 Å². The maximum atomic E-state index is 3.26. The Kier molecular flexibility index (Phi) is 13.3. The SMILES string of the molecule is CCCCCCC1CCC(C=CC#CC=CC2CCC(CCCCC)CC2)CC1. The minimum atomic E-state index is 0.781. The van der Waals surface area contributed by atoms with Crippen LogP contribution in [0.4, 0.5) is 0 Å². The van der Waals surface area contributed by atoms with Gasteiger partial charge in [-0.3, -0.25) is 0 Å². The molecule has 0 unspecified atom stereocenters. The van der Waals surface area contributed by atoms with E-state index in [-0.39, 0.29) is 0 Å². The molecule has 0 spiro atoms. The van der Waals surface area contributed by atoms with Crippen LogP contribution in [-0.4, -0.2) is 0 Å². The van der Waals surface area contributed by atoms with E-state index in [4.69, 9.17) is 0 Å². The van der Waals surface area contributed by atoms with Gasteiger partial charge in [-0.05, 0) is 87.2 Å². The number of hydrogen-bond donors (Lipinski definition) is 0. The van der Waals surface area contributed by atoms with E-state index in [9.17, 15) is 0 Å². The van der Waals surface area contributed by atoms with Gasteiger partial charge in [0.2, 0.25) is 0 Å². The maximum absolute atomic E-state index is 3.26. The standard InChI is InChI=1S/C29H48/c1-3-5-7-11-15-27-22-24-29(25-23-27)17-13-9-8-12-16-28-20-18-26(19-21-28)14-10-6-4-2/h12-13,16-17,26-29H,3-7,10-11,14-15,18-25H2,1-2H3. The second kappa shape index (κ2) is 15.8. The first-order valence-electron chi connectivity index (χ1n) is 13.2. The fourth-order valence-corrected chi connectivity index (χ4v) is 5.35. The zero-order valence-corrected chi connectivity index (χ0v) is 19.6. The van der Waals surface area contributed by atoms with Crippen LogP contribution in [0.3, 0.4) is 0 Å². The molecule has 2 rings (SSSR count). The third kappa shape index (κ3) is 11.1. The Bertz CT molecular complexity index is 498. The molecule has 2 aliphatic rings. The average Bonchev–Trinajstić information content (AvgIpc) is 2.76. The topological polar surface area (TPSA) is 0 Å². The lowest BCUT2D eigenvalue weighted by molar-refractivity contribution is 0.289. The third-order valence-corrected chi connectivity index (χ3v) is 7.45. The molecule has 0 N–H and O–H groups in total. The molecule has 0 atom stereocenters. The summed E-state index contributed by atoms with van der Waals surface area (Å²) in [7, 11) is 0. The van der Waals surface area contributed by atoms with Crippen LogP contribution in [0, 0.1) is 35.5 Å². The molecule has 0 saturated heterocycles. The smallest absolute Gasteiger partial charge is 0.0153 e. The van der Waals surface area contributed by atoms with Gasteiger partial charge >= 0.3 is 0 Å². The first-order valence-corrected chi connectivity index (χ1v) is 13.2. The summed E-state index contributed by atoms with van der Waals surface area (Å²) in [6.07, 6.45) is 33.1. The van der Waals surface area contributed by atoms with Crippen molar-refractivity contribution in [2.75, 3.05) is 0 Å². The third-order valence-electron chi connectivity index (χ3n) is 7.45. The molecular weight excluding hydrogens is 348 g/mol. The van der Waals surface area contributed by atoms with Crippen LogP contribution < -0.4 is 0 Å². The van der Waals surface area contributed by atoms with Gasteiger partial charge in [-0.2, -0.15) is 0 Å². The Labute approximate surface area is 183 Å². The molecule has 0 aromatic heterocycles. The number of allylic oxidation sites excluding steroid dienone is 4. The van der Waals surface area contributed by atoms with Gasteiger partial charge in [0.15, 0.2) is 0 Å². The lowest BCUT2D eigenvalue weighted by Gasteiger charge is -2.26. The number of rotatable bonds is 11. The van der Waals surface area contributed by atoms with E-state index >= 15 is 0 Å². The van der Waals surface area contributed by atoms with E-state index in [1.807, 2.05) is 0 Å². The van der Waals surface area contributed by atoms with E-state index in [0.29, 0.717) is 0 Å². The quantitative estimate of drug-likeness (QED) is 0.241. The summed E-state index contributed by atoms with van der Waals surface area (Å²) in [5.41, 5.74) is 0. The van der Waals surface area contributed by atoms with Crippen LogP contribution >= 0.6 is 0 Å². The fraction of sp³-hybridized carbons (Fsp3) is 0.793. The van der Waals surface area contributed by atoms with Crippen molar-refractivity contribution in [1.29, 1.82) is 0 Å². The average molecular weight is 397 g/mol. The summed E-state index contributed by atoms with van der Waals surface area (Å²) in [6.45, 7) is 4.61. The molecule has 0 aromatic rings. The Hall–Kier alpha value is -0.960. The summed E-state index contributed by atoms with van der Waals surface area (Å²) < 4.78 is 0. The van der Waals surface area contributed by atoms with Crippen molar-refractivity contribution in [3.8, 4) is 11.8 Å². The molecule has 2 fully saturated rings. The van der Waals surface area contributed by atoms with E-state index in [1.54, 1.807) is 0 Å². The van der Waals surface area contributed by atoms with Gasteiger partial charge in [0, 0.05) is 0 Å². The van der Waals surface area contributed by atoms with E-state index < -0.39 is 0 Å². The van der Waals surface area contributed by atoms with Crippen molar-refractivity contribution in [2.45, 2.75) is 123 Å². The van der Waals surface area contributed by atoms with Gasteiger partial charge in [-0.15, -0.1) is 0 Å². The molecule has 0 radical (unpaired) electrons. The molecule has 2 aliphatic carbocycles. The van der Waals surface area contributed by atoms with Gasteiger partial charge in [0.05, 0.1) is 0 Å². The van der Waals surface area contributed by atoms with Crippen molar-refractivity contribution in [3.05, 3.63) is 24.3 Å². The summed E-state index contributed by atoms with van der Waals surface area (Å²) >= 11 is 0. The maximum Gasteiger partial charge on any atom is -0.0153 e. The second-order valence-corrected chi connectivity index (χ2v) is 9.91. The van der Waals surface area contributed by atoms with Crippen LogP contribution in [0.15, 0.2) is 24.3 Å². The minimum absolute atomic E-state index is 0.781. The highest BCUT2D eigenvalue weighted by Crippen LogP contribution is 2.33. The Morgan fingerprint density at radius 2 is 0.966 bits per heavy atom. The van der Waals surface area contributed by atoms with Crippen LogP contribution in [-0.2, 0) is 0 Å². The fourth-order valence-electron chi connectivity index (χ4n) is 5.35. The Balaban J connectivity index is 1.54. The highest BCUT2D eigenvalue weighted by atomic mass is 14.2. The minimum Gasteiger partial charge on any atom is -0.0730 e. The first-order chi connectivity index (χ1) is 14.3. The Morgan fingerprint density at radius 3 is 1.41 bits per heavy atom. The molecule has 0 amide bonds. The summed E-state index contributed by atoms with van der Waals surface area (Å²) in [5.74, 6) is 10.1. The zero-order chi connectivity index (χ0) is 20.6. The zero-order valence-electron chi connectivity index (χ0n) is 19.6. The first kappa shape index (κ1) is 24.3. The molecule has 0 aliphatic heterocycles. The van der Waals surface area contributed by atoms with Crippen LogP contribution in [0.2, 0.25) is 0 Å². The van der Waals surface area contributed by atoms with Crippen molar-refractivity contribution < 1.29 is 0 Å². The normalized spacial score (nSPS) is 27.9. The summed E-state index contributed by atoms with van der Waals surface area (Å²) in [6, 6.07) is 0. The molecule has 0 aromatic carbocycles. The Morgan fingerprint density at radius 1 is 0.552 bits per heavy atom.